The number of hydrogen-bond acceptors (Lipinski definition) is 4. The Balaban J connectivity index is 2.83. The van der Waals surface area contributed by atoms with E-state index in [1.807, 2.05) is 0 Å². The van der Waals surface area contributed by atoms with Crippen LogP contribution < -0.4 is 10.2 Å². The molecule has 1 atom stereocenters. The van der Waals surface area contributed by atoms with Crippen molar-refractivity contribution in [2.24, 2.45) is 0 Å². The first kappa shape index (κ1) is 8.81. The highest BCUT2D eigenvalue weighted by atomic mass is 32.1. The zero-order valence-electron chi connectivity index (χ0n) is 6.57. The van der Waals surface area contributed by atoms with Gasteiger partial charge in [-0.25, -0.2) is 4.98 Å². The summed E-state index contributed by atoms with van der Waals surface area (Å²) in [6.45, 7) is -0.241. The number of aromatic nitrogens is 2. The van der Waals surface area contributed by atoms with E-state index in [4.69, 9.17) is 5.11 Å². The van der Waals surface area contributed by atoms with Crippen molar-refractivity contribution in [2.45, 2.75) is 6.61 Å². The molecule has 0 saturated carbocycles. The minimum absolute atomic E-state index is 0.195. The van der Waals surface area contributed by atoms with Crippen molar-refractivity contribution < 1.29 is 5.11 Å². The molecule has 0 spiro atoms. The van der Waals surface area contributed by atoms with Gasteiger partial charge in [-0.3, -0.25) is 4.79 Å². The lowest BCUT2D eigenvalue weighted by atomic mass is 10.4. The van der Waals surface area contributed by atoms with Gasteiger partial charge in [-0.1, -0.05) is 9.24 Å². The van der Waals surface area contributed by atoms with E-state index in [1.54, 1.807) is 6.07 Å². The number of thiophene rings is 1. The first-order valence-corrected chi connectivity index (χ1v) is 4.99. The number of rotatable bonds is 1. The molecule has 2 heterocycles. The number of H-pyrrole nitrogens is 1. The summed E-state index contributed by atoms with van der Waals surface area (Å²) in [5.41, 5.74) is -0.195. The number of nitrogens with one attached hydrogen (secondary N) is 1. The Morgan fingerprint density at radius 1 is 1.69 bits per heavy atom. The Morgan fingerprint density at radius 3 is 3.15 bits per heavy atom. The molecule has 68 valence electrons. The molecule has 2 N–H and O–H groups in total. The molecule has 0 bridgehead atoms. The highest BCUT2D eigenvalue weighted by Gasteiger charge is 2.05. The topological polar surface area (TPSA) is 66.0 Å². The number of nitrogens with zero attached hydrogens (tertiary/aromatic N) is 1. The maximum absolute atomic E-state index is 11.4. The van der Waals surface area contributed by atoms with E-state index in [-0.39, 0.29) is 12.2 Å². The fourth-order valence-corrected chi connectivity index (χ4v) is 2.39. The minimum Gasteiger partial charge on any atom is -0.388 e. The fourth-order valence-electron chi connectivity index (χ4n) is 1.07. The Kier molecular flexibility index (Phi) is 2.15. The van der Waals surface area contributed by atoms with Crippen LogP contribution in [0.1, 0.15) is 5.82 Å². The number of aromatic amines is 1. The average molecular weight is 214 g/mol. The number of aliphatic hydroxyl groups excluding tert-OH is 1. The van der Waals surface area contributed by atoms with Crippen molar-refractivity contribution in [3.8, 4) is 0 Å². The molecule has 0 saturated heterocycles. The van der Waals surface area contributed by atoms with Gasteiger partial charge >= 0.3 is 0 Å². The lowest BCUT2D eigenvalue weighted by Gasteiger charge is -1.93. The molecule has 0 aliphatic heterocycles. The monoisotopic (exact) mass is 214 g/mol. The van der Waals surface area contributed by atoms with Crippen molar-refractivity contribution in [2.75, 3.05) is 0 Å². The molecular formula is C7H7N2O2PS. The van der Waals surface area contributed by atoms with Gasteiger partial charge in [-0.2, -0.15) is 0 Å². The van der Waals surface area contributed by atoms with Crippen LogP contribution in [0, 0.1) is 0 Å². The lowest BCUT2D eigenvalue weighted by molar-refractivity contribution is 0.271. The van der Waals surface area contributed by atoms with Gasteiger partial charge in [0.25, 0.3) is 5.56 Å². The van der Waals surface area contributed by atoms with Crippen LogP contribution in [0.2, 0.25) is 0 Å². The lowest BCUT2D eigenvalue weighted by Crippen LogP contribution is -2.10. The molecule has 0 aliphatic carbocycles. The smallest absolute Gasteiger partial charge is 0.259 e. The highest BCUT2D eigenvalue weighted by molar-refractivity contribution is 7.45. The third kappa shape index (κ3) is 1.50. The molecule has 2 rings (SSSR count). The number of hydrogen-bond donors (Lipinski definition) is 2. The van der Waals surface area contributed by atoms with Gasteiger partial charge in [-0.15, -0.1) is 11.3 Å². The van der Waals surface area contributed by atoms with Gasteiger partial charge < -0.3 is 10.1 Å². The molecule has 0 aromatic carbocycles. The molecule has 0 radical (unpaired) electrons. The van der Waals surface area contributed by atoms with Crippen molar-refractivity contribution in [3.63, 3.8) is 0 Å². The summed E-state index contributed by atoms with van der Waals surface area (Å²) in [6.07, 6.45) is 0. The van der Waals surface area contributed by atoms with Crippen molar-refractivity contribution in [3.05, 3.63) is 22.2 Å². The summed E-state index contributed by atoms with van der Waals surface area (Å²) in [4.78, 5) is 18.6. The predicted molar refractivity (Wildman–Crippen MR) is 55.5 cm³/mol. The highest BCUT2D eigenvalue weighted by Crippen LogP contribution is 2.14. The third-order valence-corrected chi connectivity index (χ3v) is 3.00. The minimum atomic E-state index is -0.241. The quantitative estimate of drug-likeness (QED) is 0.655. The van der Waals surface area contributed by atoms with E-state index >= 15 is 0 Å². The van der Waals surface area contributed by atoms with Crippen molar-refractivity contribution in [1.82, 2.24) is 9.97 Å². The third-order valence-electron chi connectivity index (χ3n) is 1.62. The zero-order valence-corrected chi connectivity index (χ0v) is 8.54. The Hall–Kier alpha value is -0.770. The van der Waals surface area contributed by atoms with E-state index < -0.39 is 0 Å². The first-order chi connectivity index (χ1) is 6.20. The van der Waals surface area contributed by atoms with Crippen LogP contribution in [0.3, 0.4) is 0 Å². The normalized spacial score (nSPS) is 10.9. The maximum atomic E-state index is 11.4. The molecule has 0 amide bonds. The fraction of sp³-hybridized carbons (Fsp3) is 0.143. The summed E-state index contributed by atoms with van der Waals surface area (Å²) in [5.74, 6) is 0.310. The van der Waals surface area contributed by atoms with Gasteiger partial charge in [0.05, 0.1) is 5.39 Å². The standard InChI is InChI=1S/C7H7N2O2PS/c10-2-4-8-6(11)3-1-5(12)13-7(3)9-4/h1,10H,2,12H2,(H,8,9,11). The molecular weight excluding hydrogens is 207 g/mol. The second kappa shape index (κ2) is 3.18. The van der Waals surface area contributed by atoms with Crippen molar-refractivity contribution >= 4 is 35.4 Å². The molecule has 1 unspecified atom stereocenters. The van der Waals surface area contributed by atoms with Crippen LogP contribution in [-0.2, 0) is 6.61 Å². The average Bonchev–Trinajstić information content (AvgIpc) is 2.46. The van der Waals surface area contributed by atoms with Crippen LogP contribution in [0.25, 0.3) is 10.2 Å². The second-order valence-corrected chi connectivity index (χ2v) is 4.64. The summed E-state index contributed by atoms with van der Waals surface area (Å²) in [5, 5.41) is 9.37. The van der Waals surface area contributed by atoms with Gasteiger partial charge in [0.15, 0.2) is 0 Å². The van der Waals surface area contributed by atoms with E-state index in [1.165, 1.54) is 11.3 Å². The van der Waals surface area contributed by atoms with Crippen LogP contribution in [0.4, 0.5) is 0 Å². The van der Waals surface area contributed by atoms with Crippen LogP contribution in [0.5, 0.6) is 0 Å². The molecule has 13 heavy (non-hydrogen) atoms. The van der Waals surface area contributed by atoms with Gasteiger partial charge in [0.2, 0.25) is 0 Å². The Morgan fingerprint density at radius 2 is 2.46 bits per heavy atom. The van der Waals surface area contributed by atoms with Gasteiger partial charge in [-0.05, 0) is 6.07 Å². The Labute approximate surface area is 79.8 Å². The maximum Gasteiger partial charge on any atom is 0.259 e. The van der Waals surface area contributed by atoms with E-state index in [2.05, 4.69) is 19.2 Å². The van der Waals surface area contributed by atoms with Crippen molar-refractivity contribution in [1.29, 1.82) is 0 Å². The molecule has 6 heteroatoms. The summed E-state index contributed by atoms with van der Waals surface area (Å²) in [7, 11) is 2.52. The second-order valence-electron chi connectivity index (χ2n) is 2.54. The van der Waals surface area contributed by atoms with Crippen LogP contribution >= 0.6 is 20.6 Å². The summed E-state index contributed by atoms with van der Waals surface area (Å²) in [6, 6.07) is 1.76. The SMILES string of the molecule is O=c1[nH]c(CO)nc2sc(P)cc12. The van der Waals surface area contributed by atoms with E-state index in [9.17, 15) is 4.79 Å². The molecule has 2 aromatic heterocycles. The summed E-state index contributed by atoms with van der Waals surface area (Å²) >= 11 is 1.42. The largest absolute Gasteiger partial charge is 0.388 e. The van der Waals surface area contributed by atoms with Gasteiger partial charge in [0, 0.05) is 4.62 Å². The van der Waals surface area contributed by atoms with Crippen LogP contribution in [-0.4, -0.2) is 15.1 Å². The van der Waals surface area contributed by atoms with E-state index in [0.717, 1.165) is 4.62 Å². The zero-order chi connectivity index (χ0) is 9.42. The molecule has 0 fully saturated rings. The van der Waals surface area contributed by atoms with Gasteiger partial charge in [0.1, 0.15) is 17.3 Å². The molecule has 2 aromatic rings. The number of aliphatic hydroxyl groups is 1. The Bertz CT molecular complexity index is 505. The number of fused-ring (bicyclic) bond motifs is 1. The summed E-state index contributed by atoms with van der Waals surface area (Å²) < 4.78 is 0.961. The molecule has 0 aliphatic rings. The molecule has 4 nitrogen and oxygen atoms in total. The first-order valence-electron chi connectivity index (χ1n) is 3.60. The van der Waals surface area contributed by atoms with Crippen LogP contribution in [0.15, 0.2) is 10.9 Å². The predicted octanol–water partition coefficient (Wildman–Crippen LogP) is -0.0227. The van der Waals surface area contributed by atoms with E-state index in [0.29, 0.717) is 16.0 Å².